The molecule has 1 aromatic carbocycles. The number of carbonyl (C=O) groups is 1. The maximum Gasteiger partial charge on any atom is 0.451 e. The van der Waals surface area contributed by atoms with Gasteiger partial charge < -0.3 is 5.32 Å². The quantitative estimate of drug-likeness (QED) is 0.882. The van der Waals surface area contributed by atoms with E-state index in [9.17, 15) is 22.8 Å². The number of rotatable bonds is 4. The van der Waals surface area contributed by atoms with E-state index in [0.29, 0.717) is 14.3 Å². The van der Waals surface area contributed by atoms with Crippen molar-refractivity contribution in [3.63, 3.8) is 0 Å². The highest BCUT2D eigenvalue weighted by atomic mass is 35.5. The van der Waals surface area contributed by atoms with Crippen LogP contribution in [0.25, 0.3) is 0 Å². The van der Waals surface area contributed by atoms with E-state index in [1.165, 1.54) is 18.2 Å². The second-order valence-corrected chi connectivity index (χ2v) is 5.61. The van der Waals surface area contributed by atoms with Crippen LogP contribution in [0.5, 0.6) is 0 Å². The van der Waals surface area contributed by atoms with Gasteiger partial charge in [-0.3, -0.25) is 9.36 Å². The average molecular weight is 383 g/mol. The number of aromatic nitrogens is 3. The first-order chi connectivity index (χ1) is 11.1. The first-order valence-corrected chi connectivity index (χ1v) is 7.31. The highest BCUT2D eigenvalue weighted by Gasteiger charge is 2.37. The van der Waals surface area contributed by atoms with E-state index >= 15 is 0 Å². The fourth-order valence-corrected chi connectivity index (χ4v) is 2.30. The second kappa shape index (κ2) is 6.86. The minimum absolute atomic E-state index is 0.115. The Morgan fingerprint density at radius 1 is 1.33 bits per heavy atom. The number of benzene rings is 1. The Labute approximate surface area is 143 Å². The summed E-state index contributed by atoms with van der Waals surface area (Å²) in [6, 6.07) is 4.30. The van der Waals surface area contributed by atoms with Crippen molar-refractivity contribution in [2.45, 2.75) is 12.7 Å². The SMILES string of the molecule is Cn1c(C(F)(F)F)nn(CCNC(=O)c2cc(Cl)ccc2Cl)c1=O. The van der Waals surface area contributed by atoms with Gasteiger partial charge in [0.15, 0.2) is 0 Å². The molecule has 0 radical (unpaired) electrons. The van der Waals surface area contributed by atoms with E-state index in [4.69, 9.17) is 23.2 Å². The lowest BCUT2D eigenvalue weighted by atomic mass is 10.2. The van der Waals surface area contributed by atoms with Gasteiger partial charge in [-0.05, 0) is 18.2 Å². The molecule has 130 valence electrons. The third-order valence-corrected chi connectivity index (χ3v) is 3.64. The minimum Gasteiger partial charge on any atom is -0.350 e. The van der Waals surface area contributed by atoms with Gasteiger partial charge in [0.25, 0.3) is 5.91 Å². The van der Waals surface area contributed by atoms with Gasteiger partial charge in [-0.1, -0.05) is 23.2 Å². The smallest absolute Gasteiger partial charge is 0.350 e. The van der Waals surface area contributed by atoms with Crippen LogP contribution in [0.3, 0.4) is 0 Å². The van der Waals surface area contributed by atoms with Crippen LogP contribution >= 0.6 is 23.2 Å². The van der Waals surface area contributed by atoms with Crippen molar-refractivity contribution in [1.82, 2.24) is 19.7 Å². The number of alkyl halides is 3. The summed E-state index contributed by atoms with van der Waals surface area (Å²) in [6.07, 6.45) is -4.74. The molecule has 0 saturated heterocycles. The molecule has 24 heavy (non-hydrogen) atoms. The van der Waals surface area contributed by atoms with E-state index < -0.39 is 23.6 Å². The summed E-state index contributed by atoms with van der Waals surface area (Å²) >= 11 is 11.6. The highest BCUT2D eigenvalue weighted by Crippen LogP contribution is 2.26. The molecule has 0 atom stereocenters. The highest BCUT2D eigenvalue weighted by molar-refractivity contribution is 6.35. The lowest BCUT2D eigenvalue weighted by molar-refractivity contribution is -0.147. The minimum atomic E-state index is -4.74. The van der Waals surface area contributed by atoms with Crippen molar-refractivity contribution < 1.29 is 18.0 Å². The van der Waals surface area contributed by atoms with Crippen molar-refractivity contribution in [3.05, 3.63) is 50.1 Å². The molecule has 1 amide bonds. The average Bonchev–Trinajstić information content (AvgIpc) is 2.78. The Balaban J connectivity index is 2.06. The summed E-state index contributed by atoms with van der Waals surface area (Å²) in [5.41, 5.74) is -0.814. The Bertz CT molecular complexity index is 830. The van der Waals surface area contributed by atoms with E-state index in [1.807, 2.05) is 0 Å². The van der Waals surface area contributed by atoms with Gasteiger partial charge in [-0.2, -0.15) is 13.2 Å². The Kier molecular flexibility index (Phi) is 5.24. The van der Waals surface area contributed by atoms with Crippen molar-refractivity contribution in [2.75, 3.05) is 6.54 Å². The van der Waals surface area contributed by atoms with E-state index in [2.05, 4.69) is 10.4 Å². The molecule has 0 fully saturated rings. The van der Waals surface area contributed by atoms with Crippen LogP contribution < -0.4 is 11.0 Å². The summed E-state index contributed by atoms with van der Waals surface area (Å²) in [7, 11) is 0.971. The van der Waals surface area contributed by atoms with Gasteiger partial charge in [-0.25, -0.2) is 9.48 Å². The first-order valence-electron chi connectivity index (χ1n) is 6.55. The van der Waals surface area contributed by atoms with Crippen LogP contribution in [0.4, 0.5) is 13.2 Å². The number of amides is 1. The van der Waals surface area contributed by atoms with Gasteiger partial charge in [0.2, 0.25) is 5.82 Å². The van der Waals surface area contributed by atoms with Crippen molar-refractivity contribution in [1.29, 1.82) is 0 Å². The standard InChI is InChI=1S/C13H11Cl2F3N4O2/c1-21-11(13(16,17)18)20-22(12(21)24)5-4-19-10(23)8-6-7(14)2-3-9(8)15/h2-3,6H,4-5H2,1H3,(H,19,23). The number of hydrogen-bond acceptors (Lipinski definition) is 3. The molecule has 1 aromatic heterocycles. The maximum absolute atomic E-state index is 12.7. The van der Waals surface area contributed by atoms with Crippen LogP contribution in [0, 0.1) is 0 Å². The number of carbonyl (C=O) groups excluding carboxylic acids is 1. The zero-order valence-corrected chi connectivity index (χ0v) is 13.7. The monoisotopic (exact) mass is 382 g/mol. The number of nitrogens with zero attached hydrogens (tertiary/aromatic N) is 3. The molecule has 2 rings (SSSR count). The number of hydrogen-bond donors (Lipinski definition) is 1. The van der Waals surface area contributed by atoms with Gasteiger partial charge in [0, 0.05) is 18.6 Å². The number of nitrogens with one attached hydrogen (secondary N) is 1. The molecule has 6 nitrogen and oxygen atoms in total. The zero-order valence-electron chi connectivity index (χ0n) is 12.2. The largest absolute Gasteiger partial charge is 0.451 e. The van der Waals surface area contributed by atoms with Gasteiger partial charge in [0.1, 0.15) is 0 Å². The fourth-order valence-electron chi connectivity index (χ4n) is 1.92. The normalized spacial score (nSPS) is 11.6. The van der Waals surface area contributed by atoms with Gasteiger partial charge in [-0.15, -0.1) is 5.10 Å². The Morgan fingerprint density at radius 2 is 2.00 bits per heavy atom. The third-order valence-electron chi connectivity index (χ3n) is 3.08. The molecular weight excluding hydrogens is 372 g/mol. The maximum atomic E-state index is 12.7. The lowest BCUT2D eigenvalue weighted by Crippen LogP contribution is -2.32. The predicted molar refractivity (Wildman–Crippen MR) is 81.3 cm³/mol. The second-order valence-electron chi connectivity index (χ2n) is 4.77. The van der Waals surface area contributed by atoms with E-state index in [1.54, 1.807) is 0 Å². The first kappa shape index (κ1) is 18.3. The molecule has 0 unspecified atom stereocenters. The lowest BCUT2D eigenvalue weighted by Gasteiger charge is -2.07. The Hall–Kier alpha value is -2.00. The summed E-state index contributed by atoms with van der Waals surface area (Å²) in [5.74, 6) is -1.88. The van der Waals surface area contributed by atoms with Crippen LogP contribution in [0.1, 0.15) is 16.2 Å². The summed E-state index contributed by atoms with van der Waals surface area (Å²) in [6.45, 7) is -0.345. The molecule has 0 aliphatic rings. The van der Waals surface area contributed by atoms with Crippen molar-refractivity contribution in [3.8, 4) is 0 Å². The van der Waals surface area contributed by atoms with Crippen molar-refractivity contribution in [2.24, 2.45) is 7.05 Å². The molecule has 0 aliphatic carbocycles. The molecule has 0 bridgehead atoms. The topological polar surface area (TPSA) is 68.9 Å². The van der Waals surface area contributed by atoms with Crippen LogP contribution in [-0.4, -0.2) is 26.8 Å². The molecule has 11 heteroatoms. The molecule has 0 aliphatic heterocycles. The molecular formula is C13H11Cl2F3N4O2. The van der Waals surface area contributed by atoms with E-state index in [0.717, 1.165) is 7.05 Å². The van der Waals surface area contributed by atoms with Gasteiger partial charge in [0.05, 0.1) is 17.1 Å². The van der Waals surface area contributed by atoms with E-state index in [-0.39, 0.29) is 23.7 Å². The summed E-state index contributed by atoms with van der Waals surface area (Å²) in [5, 5.41) is 6.14. The number of halogens is 5. The van der Waals surface area contributed by atoms with Crippen LogP contribution in [0.15, 0.2) is 23.0 Å². The summed E-state index contributed by atoms with van der Waals surface area (Å²) < 4.78 is 39.0. The van der Waals surface area contributed by atoms with Gasteiger partial charge >= 0.3 is 11.9 Å². The summed E-state index contributed by atoms with van der Waals surface area (Å²) in [4.78, 5) is 23.7. The molecule has 1 heterocycles. The van der Waals surface area contributed by atoms with Crippen LogP contribution in [0.2, 0.25) is 10.0 Å². The third kappa shape index (κ3) is 3.90. The van der Waals surface area contributed by atoms with Crippen molar-refractivity contribution >= 4 is 29.1 Å². The molecule has 0 saturated carbocycles. The fraction of sp³-hybridized carbons (Fsp3) is 0.308. The van der Waals surface area contributed by atoms with Crippen LogP contribution in [-0.2, 0) is 19.8 Å². The molecule has 2 aromatic rings. The molecule has 1 N–H and O–H groups in total. The Morgan fingerprint density at radius 3 is 2.58 bits per heavy atom. The molecule has 0 spiro atoms. The zero-order chi connectivity index (χ0) is 18.1. The predicted octanol–water partition coefficient (Wildman–Crippen LogP) is 2.34.